The molecule has 22 heavy (non-hydrogen) atoms. The summed E-state index contributed by atoms with van der Waals surface area (Å²) in [6.07, 6.45) is 0.928. The summed E-state index contributed by atoms with van der Waals surface area (Å²) in [6.45, 7) is 5.62. The van der Waals surface area contributed by atoms with Crippen LogP contribution in [0, 0.1) is 6.92 Å². The molecular weight excluding hydrogens is 276 g/mol. The van der Waals surface area contributed by atoms with Crippen molar-refractivity contribution in [2.75, 3.05) is 30.9 Å². The van der Waals surface area contributed by atoms with Gasteiger partial charge in [0.05, 0.1) is 0 Å². The van der Waals surface area contributed by atoms with Crippen LogP contribution in [0.3, 0.4) is 0 Å². The van der Waals surface area contributed by atoms with Crippen LogP contribution in [0.25, 0.3) is 0 Å². The molecule has 2 aromatic rings. The first-order valence-corrected chi connectivity index (χ1v) is 7.59. The highest BCUT2D eigenvalue weighted by molar-refractivity contribution is 5.44. The van der Waals surface area contributed by atoms with Crippen molar-refractivity contribution in [3.63, 3.8) is 0 Å². The Hall–Kier alpha value is -2.14. The topological polar surface area (TPSA) is 59.1 Å². The van der Waals surface area contributed by atoms with Gasteiger partial charge in [0.2, 0.25) is 5.95 Å². The fourth-order valence-corrected chi connectivity index (χ4v) is 2.19. The van der Waals surface area contributed by atoms with Crippen molar-refractivity contribution in [3.05, 3.63) is 47.7 Å². The van der Waals surface area contributed by atoms with Crippen molar-refractivity contribution in [1.82, 2.24) is 9.97 Å². The van der Waals surface area contributed by atoms with E-state index in [1.54, 1.807) is 7.11 Å². The number of aryl methyl sites for hydroxylation is 1. The number of rotatable bonds is 8. The molecule has 1 aromatic heterocycles. The van der Waals surface area contributed by atoms with Crippen LogP contribution in [0.15, 0.2) is 36.4 Å². The molecular formula is C17H24N4O. The Balaban J connectivity index is 2.00. The summed E-state index contributed by atoms with van der Waals surface area (Å²) in [5.74, 6) is 1.48. The van der Waals surface area contributed by atoms with Gasteiger partial charge in [0.25, 0.3) is 0 Å². The van der Waals surface area contributed by atoms with Crippen molar-refractivity contribution in [2.45, 2.75) is 26.3 Å². The molecule has 0 saturated heterocycles. The van der Waals surface area contributed by atoms with Crippen LogP contribution in [-0.4, -0.2) is 30.2 Å². The smallest absolute Gasteiger partial charge is 0.224 e. The summed E-state index contributed by atoms with van der Waals surface area (Å²) in [5, 5.41) is 6.66. The molecule has 118 valence electrons. The minimum Gasteiger partial charge on any atom is -0.385 e. The van der Waals surface area contributed by atoms with E-state index in [1.165, 1.54) is 5.56 Å². The minimum atomic E-state index is 0.192. The zero-order chi connectivity index (χ0) is 15.8. The molecule has 1 aromatic carbocycles. The van der Waals surface area contributed by atoms with E-state index in [0.717, 1.165) is 31.1 Å². The van der Waals surface area contributed by atoms with E-state index >= 15 is 0 Å². The highest BCUT2D eigenvalue weighted by Gasteiger charge is 2.07. The lowest BCUT2D eigenvalue weighted by Crippen LogP contribution is -2.12. The van der Waals surface area contributed by atoms with Crippen molar-refractivity contribution < 1.29 is 4.74 Å². The third-order valence-corrected chi connectivity index (χ3v) is 3.33. The Morgan fingerprint density at radius 1 is 1.18 bits per heavy atom. The molecule has 0 aliphatic rings. The molecule has 0 bridgehead atoms. The lowest BCUT2D eigenvalue weighted by molar-refractivity contribution is 0.197. The quantitative estimate of drug-likeness (QED) is 0.732. The Bertz CT molecular complexity index is 574. The first kappa shape index (κ1) is 16.2. The van der Waals surface area contributed by atoms with Gasteiger partial charge in [-0.15, -0.1) is 0 Å². The van der Waals surface area contributed by atoms with Gasteiger partial charge < -0.3 is 15.4 Å². The summed E-state index contributed by atoms with van der Waals surface area (Å²) in [6, 6.07) is 12.5. The molecule has 5 nitrogen and oxygen atoms in total. The molecule has 0 spiro atoms. The van der Waals surface area contributed by atoms with E-state index in [2.05, 4.69) is 39.7 Å². The molecule has 5 heteroatoms. The number of anilines is 2. The summed E-state index contributed by atoms with van der Waals surface area (Å²) in [4.78, 5) is 8.93. The fraction of sp³-hybridized carbons (Fsp3) is 0.412. The zero-order valence-electron chi connectivity index (χ0n) is 13.5. The van der Waals surface area contributed by atoms with Crippen LogP contribution in [-0.2, 0) is 4.74 Å². The number of hydrogen-bond donors (Lipinski definition) is 2. The number of ether oxygens (including phenoxy) is 1. The average molecular weight is 300 g/mol. The normalized spacial score (nSPS) is 12.0. The fourth-order valence-electron chi connectivity index (χ4n) is 2.19. The maximum absolute atomic E-state index is 5.04. The van der Waals surface area contributed by atoms with E-state index in [0.29, 0.717) is 5.95 Å². The SMILES string of the molecule is COCCCNc1nc(C)cc(NC(C)c2ccccc2)n1. The Morgan fingerprint density at radius 3 is 2.68 bits per heavy atom. The number of hydrogen-bond acceptors (Lipinski definition) is 5. The van der Waals surface area contributed by atoms with Gasteiger partial charge in [-0.2, -0.15) is 4.98 Å². The highest BCUT2D eigenvalue weighted by atomic mass is 16.5. The van der Waals surface area contributed by atoms with Gasteiger partial charge in [-0.05, 0) is 25.8 Å². The van der Waals surface area contributed by atoms with Crippen molar-refractivity contribution in [2.24, 2.45) is 0 Å². The summed E-state index contributed by atoms with van der Waals surface area (Å²) >= 11 is 0. The van der Waals surface area contributed by atoms with E-state index < -0.39 is 0 Å². The number of benzene rings is 1. The number of aromatic nitrogens is 2. The third-order valence-electron chi connectivity index (χ3n) is 3.33. The lowest BCUT2D eigenvalue weighted by atomic mass is 10.1. The standard InChI is InChI=1S/C17H24N4O/c1-13-12-16(20-14(2)15-8-5-4-6-9-15)21-17(19-13)18-10-7-11-22-3/h4-6,8-9,12,14H,7,10-11H2,1-3H3,(H2,18,19,20,21). The molecule has 0 saturated carbocycles. The van der Waals surface area contributed by atoms with Gasteiger partial charge in [-0.1, -0.05) is 30.3 Å². The molecule has 2 rings (SSSR count). The second-order valence-electron chi connectivity index (χ2n) is 5.27. The lowest BCUT2D eigenvalue weighted by Gasteiger charge is -2.16. The zero-order valence-corrected chi connectivity index (χ0v) is 13.5. The number of nitrogens with one attached hydrogen (secondary N) is 2. The second-order valence-corrected chi connectivity index (χ2v) is 5.27. The predicted molar refractivity (Wildman–Crippen MR) is 90.2 cm³/mol. The van der Waals surface area contributed by atoms with Crippen molar-refractivity contribution >= 4 is 11.8 Å². The van der Waals surface area contributed by atoms with Crippen LogP contribution >= 0.6 is 0 Å². The average Bonchev–Trinajstić information content (AvgIpc) is 2.52. The van der Waals surface area contributed by atoms with E-state index in [4.69, 9.17) is 4.74 Å². The van der Waals surface area contributed by atoms with Crippen LogP contribution < -0.4 is 10.6 Å². The molecule has 0 fully saturated rings. The molecule has 1 unspecified atom stereocenters. The van der Waals surface area contributed by atoms with Crippen LogP contribution in [0.1, 0.15) is 30.6 Å². The first-order chi connectivity index (χ1) is 10.7. The summed E-state index contributed by atoms with van der Waals surface area (Å²) < 4.78 is 5.04. The molecule has 0 aliphatic heterocycles. The molecule has 0 amide bonds. The van der Waals surface area contributed by atoms with Crippen molar-refractivity contribution in [1.29, 1.82) is 0 Å². The molecule has 1 heterocycles. The van der Waals surface area contributed by atoms with Gasteiger partial charge in [-0.3, -0.25) is 0 Å². The van der Waals surface area contributed by atoms with Crippen LogP contribution in [0.5, 0.6) is 0 Å². The highest BCUT2D eigenvalue weighted by Crippen LogP contribution is 2.18. The molecule has 1 atom stereocenters. The van der Waals surface area contributed by atoms with Gasteiger partial charge in [0.15, 0.2) is 0 Å². The largest absolute Gasteiger partial charge is 0.385 e. The monoisotopic (exact) mass is 300 g/mol. The molecule has 2 N–H and O–H groups in total. The Morgan fingerprint density at radius 2 is 1.95 bits per heavy atom. The maximum atomic E-state index is 5.04. The Kier molecular flexibility index (Phi) is 6.15. The van der Waals surface area contributed by atoms with E-state index in [1.807, 2.05) is 31.2 Å². The first-order valence-electron chi connectivity index (χ1n) is 7.59. The molecule has 0 radical (unpaired) electrons. The Labute approximate surface area is 132 Å². The predicted octanol–water partition coefficient (Wildman–Crippen LogP) is 3.41. The third kappa shape index (κ3) is 5.00. The van der Waals surface area contributed by atoms with Crippen molar-refractivity contribution in [3.8, 4) is 0 Å². The van der Waals surface area contributed by atoms with Crippen LogP contribution in [0.4, 0.5) is 11.8 Å². The van der Waals surface area contributed by atoms with Gasteiger partial charge in [0, 0.05) is 38.1 Å². The molecule has 0 aliphatic carbocycles. The summed E-state index contributed by atoms with van der Waals surface area (Å²) in [7, 11) is 1.70. The minimum absolute atomic E-state index is 0.192. The number of methoxy groups -OCH3 is 1. The second kappa shape index (κ2) is 8.34. The van der Waals surface area contributed by atoms with E-state index in [9.17, 15) is 0 Å². The van der Waals surface area contributed by atoms with Gasteiger partial charge in [-0.25, -0.2) is 4.98 Å². The number of nitrogens with zero attached hydrogens (tertiary/aromatic N) is 2. The maximum Gasteiger partial charge on any atom is 0.224 e. The van der Waals surface area contributed by atoms with Gasteiger partial charge in [0.1, 0.15) is 5.82 Å². The van der Waals surface area contributed by atoms with E-state index in [-0.39, 0.29) is 6.04 Å². The van der Waals surface area contributed by atoms with Crippen LogP contribution in [0.2, 0.25) is 0 Å². The van der Waals surface area contributed by atoms with Gasteiger partial charge >= 0.3 is 0 Å². The summed E-state index contributed by atoms with van der Waals surface area (Å²) in [5.41, 5.74) is 2.17.